The van der Waals surface area contributed by atoms with Crippen molar-refractivity contribution in [3.63, 3.8) is 0 Å². The first-order valence-corrected chi connectivity index (χ1v) is 8.08. The van der Waals surface area contributed by atoms with Gasteiger partial charge < -0.3 is 16.0 Å². The molecule has 2 heterocycles. The summed E-state index contributed by atoms with van der Waals surface area (Å²) >= 11 is 0. The molecular weight excluding hydrogens is 296 g/mol. The first kappa shape index (κ1) is 17.2. The summed E-state index contributed by atoms with van der Waals surface area (Å²) in [5, 5.41) is 14.5. The molecule has 2 rings (SSSR count). The van der Waals surface area contributed by atoms with E-state index < -0.39 is 4.92 Å². The molecule has 0 aromatic carbocycles. The number of nitrogen functional groups attached to an aromatic ring is 1. The Bertz CT molecular complexity index is 567. The van der Waals surface area contributed by atoms with Crippen LogP contribution in [0.2, 0.25) is 0 Å². The Morgan fingerprint density at radius 1 is 1.35 bits per heavy atom. The summed E-state index contributed by atoms with van der Waals surface area (Å²) in [6.45, 7) is 10.6. The number of anilines is 3. The molecular formula is C15H26N6O2. The van der Waals surface area contributed by atoms with E-state index in [1.165, 1.54) is 0 Å². The second kappa shape index (κ2) is 6.97. The molecule has 3 N–H and O–H groups in total. The molecule has 0 spiro atoms. The normalized spacial score (nSPS) is 21.5. The van der Waals surface area contributed by atoms with Crippen molar-refractivity contribution in [2.24, 2.45) is 17.8 Å². The molecule has 2 atom stereocenters. The molecule has 8 heteroatoms. The molecule has 128 valence electrons. The SMILES string of the molecule is CC(C)CNc1nc(N)c([N+](=O)[O-])c(N2C[C@@H](C)C[C@H](C)C2)n1. The third-order valence-corrected chi connectivity index (χ3v) is 3.91. The maximum Gasteiger partial charge on any atom is 0.353 e. The Morgan fingerprint density at radius 3 is 2.48 bits per heavy atom. The number of nitrogens with one attached hydrogen (secondary N) is 1. The maximum atomic E-state index is 11.4. The summed E-state index contributed by atoms with van der Waals surface area (Å²) in [7, 11) is 0. The van der Waals surface area contributed by atoms with Crippen LogP contribution < -0.4 is 16.0 Å². The van der Waals surface area contributed by atoms with E-state index in [4.69, 9.17) is 5.73 Å². The van der Waals surface area contributed by atoms with Crippen molar-refractivity contribution in [3.8, 4) is 0 Å². The Balaban J connectivity index is 2.39. The van der Waals surface area contributed by atoms with Gasteiger partial charge >= 0.3 is 5.69 Å². The standard InChI is InChI=1S/C15H26N6O2/c1-9(2)6-17-15-18-13(16)12(21(22)23)14(19-15)20-7-10(3)5-11(4)8-20/h9-11H,5-8H2,1-4H3,(H3,16,17,18,19)/t10-,11-/m0/s1. The van der Waals surface area contributed by atoms with Gasteiger partial charge in [-0.15, -0.1) is 0 Å². The second-order valence-corrected chi connectivity index (χ2v) is 6.99. The van der Waals surface area contributed by atoms with Crippen molar-refractivity contribution < 1.29 is 4.92 Å². The highest BCUT2D eigenvalue weighted by atomic mass is 16.6. The van der Waals surface area contributed by atoms with Crippen molar-refractivity contribution in [1.29, 1.82) is 0 Å². The molecule has 1 aliphatic rings. The Hall–Kier alpha value is -2.12. The number of hydrogen-bond acceptors (Lipinski definition) is 7. The number of piperidine rings is 1. The van der Waals surface area contributed by atoms with Crippen LogP contribution in [-0.4, -0.2) is 34.5 Å². The predicted molar refractivity (Wildman–Crippen MR) is 91.6 cm³/mol. The zero-order chi connectivity index (χ0) is 17.1. The minimum Gasteiger partial charge on any atom is -0.378 e. The lowest BCUT2D eigenvalue weighted by Gasteiger charge is -2.35. The fourth-order valence-corrected chi connectivity index (χ4v) is 3.07. The predicted octanol–water partition coefficient (Wildman–Crippen LogP) is 2.52. The minimum absolute atomic E-state index is 0.0860. The lowest BCUT2D eigenvalue weighted by Crippen LogP contribution is -2.39. The van der Waals surface area contributed by atoms with Gasteiger partial charge in [-0.2, -0.15) is 9.97 Å². The van der Waals surface area contributed by atoms with E-state index in [2.05, 4.69) is 43.0 Å². The van der Waals surface area contributed by atoms with E-state index in [1.54, 1.807) is 0 Å². The third-order valence-electron chi connectivity index (χ3n) is 3.91. The van der Waals surface area contributed by atoms with E-state index in [1.807, 2.05) is 4.90 Å². The molecule has 0 aliphatic carbocycles. The fourth-order valence-electron chi connectivity index (χ4n) is 3.07. The monoisotopic (exact) mass is 322 g/mol. The summed E-state index contributed by atoms with van der Waals surface area (Å²) in [5.74, 6) is 1.92. The van der Waals surface area contributed by atoms with E-state index >= 15 is 0 Å². The molecule has 0 amide bonds. The zero-order valence-electron chi connectivity index (χ0n) is 14.2. The number of aromatic nitrogens is 2. The molecule has 1 aromatic rings. The Kier molecular flexibility index (Phi) is 5.23. The first-order chi connectivity index (χ1) is 10.8. The summed E-state index contributed by atoms with van der Waals surface area (Å²) in [6, 6.07) is 0. The van der Waals surface area contributed by atoms with Gasteiger partial charge in [-0.1, -0.05) is 27.7 Å². The molecule has 0 radical (unpaired) electrons. The van der Waals surface area contributed by atoms with Crippen molar-refractivity contribution in [1.82, 2.24) is 9.97 Å². The van der Waals surface area contributed by atoms with Crippen LogP contribution in [0.4, 0.5) is 23.3 Å². The maximum absolute atomic E-state index is 11.4. The van der Waals surface area contributed by atoms with Gasteiger partial charge in [0.15, 0.2) is 0 Å². The largest absolute Gasteiger partial charge is 0.378 e. The van der Waals surface area contributed by atoms with Crippen molar-refractivity contribution >= 4 is 23.3 Å². The molecule has 0 saturated carbocycles. The van der Waals surface area contributed by atoms with Crippen LogP contribution in [0, 0.1) is 27.9 Å². The van der Waals surface area contributed by atoms with E-state index in [-0.39, 0.29) is 11.5 Å². The smallest absolute Gasteiger partial charge is 0.353 e. The number of nitro groups is 1. The third kappa shape index (κ3) is 4.20. The lowest BCUT2D eigenvalue weighted by molar-refractivity contribution is -0.383. The highest BCUT2D eigenvalue weighted by Gasteiger charge is 2.31. The molecule has 0 unspecified atom stereocenters. The van der Waals surface area contributed by atoms with Crippen LogP contribution in [0.5, 0.6) is 0 Å². The Labute approximate surface area is 136 Å². The average Bonchev–Trinajstić information content (AvgIpc) is 2.42. The first-order valence-electron chi connectivity index (χ1n) is 8.08. The van der Waals surface area contributed by atoms with Crippen LogP contribution in [0.1, 0.15) is 34.1 Å². The molecule has 1 fully saturated rings. The molecule has 0 bridgehead atoms. The number of nitrogens with zero attached hydrogens (tertiary/aromatic N) is 4. The number of nitrogens with two attached hydrogens (primary N) is 1. The molecule has 8 nitrogen and oxygen atoms in total. The quantitative estimate of drug-likeness (QED) is 0.633. The summed E-state index contributed by atoms with van der Waals surface area (Å²) < 4.78 is 0. The van der Waals surface area contributed by atoms with Gasteiger partial charge in [0.2, 0.25) is 17.6 Å². The highest BCUT2D eigenvalue weighted by Crippen LogP contribution is 2.35. The average molecular weight is 322 g/mol. The topological polar surface area (TPSA) is 110 Å². The number of hydrogen-bond donors (Lipinski definition) is 2. The van der Waals surface area contributed by atoms with Gasteiger partial charge in [0, 0.05) is 19.6 Å². The number of rotatable bonds is 5. The summed E-state index contributed by atoms with van der Waals surface area (Å²) in [5.41, 5.74) is 5.65. The van der Waals surface area contributed by atoms with Gasteiger partial charge in [0.25, 0.3) is 0 Å². The van der Waals surface area contributed by atoms with Crippen LogP contribution >= 0.6 is 0 Å². The minimum atomic E-state index is -0.485. The lowest BCUT2D eigenvalue weighted by atomic mass is 9.92. The Morgan fingerprint density at radius 2 is 1.96 bits per heavy atom. The molecule has 23 heavy (non-hydrogen) atoms. The molecule has 1 saturated heterocycles. The van der Waals surface area contributed by atoms with Gasteiger partial charge in [-0.05, 0) is 24.2 Å². The molecule has 1 aromatic heterocycles. The van der Waals surface area contributed by atoms with Gasteiger partial charge in [-0.3, -0.25) is 10.1 Å². The molecule has 1 aliphatic heterocycles. The highest BCUT2D eigenvalue weighted by molar-refractivity contribution is 5.71. The van der Waals surface area contributed by atoms with Crippen LogP contribution in [0.25, 0.3) is 0 Å². The van der Waals surface area contributed by atoms with Gasteiger partial charge in [-0.25, -0.2) is 0 Å². The summed E-state index contributed by atoms with van der Waals surface area (Å²) in [4.78, 5) is 21.4. The van der Waals surface area contributed by atoms with E-state index in [0.29, 0.717) is 36.1 Å². The van der Waals surface area contributed by atoms with Gasteiger partial charge in [0.05, 0.1) is 4.92 Å². The van der Waals surface area contributed by atoms with Crippen LogP contribution in [0.3, 0.4) is 0 Å². The van der Waals surface area contributed by atoms with Gasteiger partial charge in [0.1, 0.15) is 0 Å². The zero-order valence-corrected chi connectivity index (χ0v) is 14.2. The second-order valence-electron chi connectivity index (χ2n) is 6.99. The van der Waals surface area contributed by atoms with Crippen molar-refractivity contribution in [3.05, 3.63) is 10.1 Å². The van der Waals surface area contributed by atoms with Crippen LogP contribution in [0.15, 0.2) is 0 Å². The summed E-state index contributed by atoms with van der Waals surface area (Å²) in [6.07, 6.45) is 1.11. The van der Waals surface area contributed by atoms with E-state index in [0.717, 1.165) is 19.5 Å². The van der Waals surface area contributed by atoms with Crippen molar-refractivity contribution in [2.75, 3.05) is 35.6 Å². The van der Waals surface area contributed by atoms with Crippen molar-refractivity contribution in [2.45, 2.75) is 34.1 Å². The van der Waals surface area contributed by atoms with Crippen LogP contribution in [-0.2, 0) is 0 Å². The fraction of sp³-hybridized carbons (Fsp3) is 0.733. The van der Waals surface area contributed by atoms with E-state index in [9.17, 15) is 10.1 Å².